The fraction of sp³-hybridized carbons (Fsp3) is 0.125. The van der Waals surface area contributed by atoms with Crippen LogP contribution in [0.5, 0.6) is 11.5 Å². The molecule has 0 saturated heterocycles. The van der Waals surface area contributed by atoms with Crippen LogP contribution in [0.1, 0.15) is 10.4 Å². The highest BCUT2D eigenvalue weighted by Gasteiger charge is 2.06. The number of aldehydes is 1. The van der Waals surface area contributed by atoms with Gasteiger partial charge in [0.15, 0.2) is 0 Å². The fourth-order valence-corrected chi connectivity index (χ4v) is 1.86. The summed E-state index contributed by atoms with van der Waals surface area (Å²) in [7, 11) is 3.06. The third-order valence-corrected chi connectivity index (χ3v) is 2.89. The molecule has 6 nitrogen and oxygen atoms in total. The number of anilines is 2. The Bertz CT molecular complexity index is 663. The third-order valence-electron chi connectivity index (χ3n) is 2.89. The number of benzene rings is 2. The molecule has 0 aliphatic heterocycles. The van der Waals surface area contributed by atoms with Gasteiger partial charge in [0.2, 0.25) is 0 Å². The predicted octanol–water partition coefficient (Wildman–Crippen LogP) is 3.16. The summed E-state index contributed by atoms with van der Waals surface area (Å²) in [4.78, 5) is 22.7. The molecule has 0 aromatic heterocycles. The minimum absolute atomic E-state index is 0.432. The Morgan fingerprint density at radius 3 is 2.18 bits per heavy atom. The summed E-state index contributed by atoms with van der Waals surface area (Å²) in [5, 5.41) is 5.33. The van der Waals surface area contributed by atoms with E-state index in [4.69, 9.17) is 9.47 Å². The van der Waals surface area contributed by atoms with Crippen LogP contribution in [0, 0.1) is 0 Å². The Morgan fingerprint density at radius 1 is 0.955 bits per heavy atom. The van der Waals surface area contributed by atoms with E-state index in [1.54, 1.807) is 42.5 Å². The van der Waals surface area contributed by atoms with Crippen LogP contribution in [-0.2, 0) is 0 Å². The predicted molar refractivity (Wildman–Crippen MR) is 84.0 cm³/mol. The number of nitrogens with one attached hydrogen (secondary N) is 2. The van der Waals surface area contributed by atoms with Crippen molar-refractivity contribution in [1.82, 2.24) is 0 Å². The lowest BCUT2D eigenvalue weighted by Crippen LogP contribution is -2.19. The molecule has 0 spiro atoms. The Hall–Kier alpha value is -3.02. The molecule has 0 bridgehead atoms. The van der Waals surface area contributed by atoms with Crippen LogP contribution in [0.4, 0.5) is 16.2 Å². The van der Waals surface area contributed by atoms with Crippen molar-refractivity contribution in [3.63, 3.8) is 0 Å². The van der Waals surface area contributed by atoms with E-state index in [2.05, 4.69) is 10.6 Å². The molecule has 0 aliphatic carbocycles. The molecule has 0 saturated carbocycles. The normalized spacial score (nSPS) is 9.73. The number of hydrogen-bond acceptors (Lipinski definition) is 4. The maximum absolute atomic E-state index is 12.0. The minimum atomic E-state index is -0.432. The van der Waals surface area contributed by atoms with Crippen molar-refractivity contribution < 1.29 is 19.1 Å². The topological polar surface area (TPSA) is 76.7 Å². The lowest BCUT2D eigenvalue weighted by molar-refractivity contribution is 0.112. The first-order valence-electron chi connectivity index (χ1n) is 6.51. The molecule has 2 aromatic rings. The molecule has 0 radical (unpaired) electrons. The van der Waals surface area contributed by atoms with E-state index in [0.29, 0.717) is 28.4 Å². The van der Waals surface area contributed by atoms with Crippen molar-refractivity contribution in [2.24, 2.45) is 0 Å². The molecular weight excluding hydrogens is 284 g/mol. The van der Waals surface area contributed by atoms with Crippen molar-refractivity contribution in [2.75, 3.05) is 24.9 Å². The van der Waals surface area contributed by atoms with Gasteiger partial charge in [-0.2, -0.15) is 0 Å². The lowest BCUT2D eigenvalue weighted by atomic mass is 10.2. The summed E-state index contributed by atoms with van der Waals surface area (Å²) in [6.45, 7) is 0. The van der Waals surface area contributed by atoms with Gasteiger partial charge in [0.1, 0.15) is 17.8 Å². The van der Waals surface area contributed by atoms with Gasteiger partial charge in [0.25, 0.3) is 0 Å². The monoisotopic (exact) mass is 300 g/mol. The first kappa shape index (κ1) is 15.4. The van der Waals surface area contributed by atoms with Crippen molar-refractivity contribution in [1.29, 1.82) is 0 Å². The minimum Gasteiger partial charge on any atom is -0.497 e. The Morgan fingerprint density at radius 2 is 1.59 bits per heavy atom. The van der Waals surface area contributed by atoms with E-state index >= 15 is 0 Å². The van der Waals surface area contributed by atoms with Gasteiger partial charge in [-0.1, -0.05) is 12.1 Å². The van der Waals surface area contributed by atoms with E-state index < -0.39 is 6.03 Å². The smallest absolute Gasteiger partial charge is 0.323 e. The molecule has 0 unspecified atom stereocenters. The highest BCUT2D eigenvalue weighted by atomic mass is 16.5. The van der Waals surface area contributed by atoms with Crippen LogP contribution in [-0.4, -0.2) is 26.5 Å². The number of amides is 2. The number of urea groups is 1. The summed E-state index contributed by atoms with van der Waals surface area (Å²) in [5.41, 5.74) is 1.54. The van der Waals surface area contributed by atoms with Crippen molar-refractivity contribution >= 4 is 23.7 Å². The SMILES string of the molecule is COc1cc(NC(=O)Nc2cccc(C=O)c2)cc(OC)c1. The van der Waals surface area contributed by atoms with E-state index in [0.717, 1.165) is 6.29 Å². The molecule has 2 N–H and O–H groups in total. The number of carbonyl (C=O) groups is 2. The van der Waals surface area contributed by atoms with Crippen LogP contribution < -0.4 is 20.1 Å². The van der Waals surface area contributed by atoms with Gasteiger partial charge in [-0.25, -0.2) is 4.79 Å². The second-order valence-electron chi connectivity index (χ2n) is 4.42. The van der Waals surface area contributed by atoms with Crippen molar-refractivity contribution in [3.8, 4) is 11.5 Å². The molecule has 0 heterocycles. The Kier molecular flexibility index (Phi) is 4.98. The highest BCUT2D eigenvalue weighted by molar-refractivity contribution is 6.00. The maximum atomic E-state index is 12.0. The van der Waals surface area contributed by atoms with E-state index in [9.17, 15) is 9.59 Å². The van der Waals surface area contributed by atoms with Crippen molar-refractivity contribution in [2.45, 2.75) is 0 Å². The van der Waals surface area contributed by atoms with Crippen molar-refractivity contribution in [3.05, 3.63) is 48.0 Å². The highest BCUT2D eigenvalue weighted by Crippen LogP contribution is 2.25. The second kappa shape index (κ2) is 7.12. The average Bonchev–Trinajstić information content (AvgIpc) is 2.54. The molecule has 2 aromatic carbocycles. The molecule has 2 rings (SSSR count). The standard InChI is InChI=1S/C16H16N2O4/c1-21-14-7-13(8-15(9-14)22-2)18-16(20)17-12-5-3-4-11(6-12)10-19/h3-10H,1-2H3,(H2,17,18,20). The molecule has 0 atom stereocenters. The summed E-state index contributed by atoms with van der Waals surface area (Å²) in [6, 6.07) is 11.2. The van der Waals surface area contributed by atoms with E-state index in [1.165, 1.54) is 14.2 Å². The number of methoxy groups -OCH3 is 2. The zero-order valence-corrected chi connectivity index (χ0v) is 12.3. The van der Waals surface area contributed by atoms with Crippen LogP contribution in [0.2, 0.25) is 0 Å². The maximum Gasteiger partial charge on any atom is 0.323 e. The Labute approximate surface area is 128 Å². The number of ether oxygens (including phenoxy) is 2. The first-order chi connectivity index (χ1) is 10.6. The quantitative estimate of drug-likeness (QED) is 0.832. The van der Waals surface area contributed by atoms with Gasteiger partial charge in [-0.15, -0.1) is 0 Å². The van der Waals surface area contributed by atoms with E-state index in [-0.39, 0.29) is 0 Å². The zero-order valence-electron chi connectivity index (χ0n) is 12.3. The lowest BCUT2D eigenvalue weighted by Gasteiger charge is -2.11. The first-order valence-corrected chi connectivity index (χ1v) is 6.51. The average molecular weight is 300 g/mol. The molecule has 22 heavy (non-hydrogen) atoms. The largest absolute Gasteiger partial charge is 0.497 e. The molecular formula is C16H16N2O4. The van der Waals surface area contributed by atoms with Gasteiger partial charge in [0, 0.05) is 35.1 Å². The van der Waals surface area contributed by atoms with Crippen LogP contribution in [0.25, 0.3) is 0 Å². The van der Waals surface area contributed by atoms with Crippen LogP contribution >= 0.6 is 0 Å². The molecule has 0 fully saturated rings. The fourth-order valence-electron chi connectivity index (χ4n) is 1.86. The Balaban J connectivity index is 2.09. The zero-order chi connectivity index (χ0) is 15.9. The van der Waals surface area contributed by atoms with Crippen LogP contribution in [0.3, 0.4) is 0 Å². The summed E-state index contributed by atoms with van der Waals surface area (Å²) < 4.78 is 10.3. The van der Waals surface area contributed by atoms with Gasteiger partial charge in [0.05, 0.1) is 14.2 Å². The second-order valence-corrected chi connectivity index (χ2v) is 4.42. The number of hydrogen-bond donors (Lipinski definition) is 2. The molecule has 0 aliphatic rings. The summed E-state index contributed by atoms with van der Waals surface area (Å²) >= 11 is 0. The number of carbonyl (C=O) groups excluding carboxylic acids is 2. The van der Waals surface area contributed by atoms with Gasteiger partial charge in [-0.05, 0) is 12.1 Å². The summed E-state index contributed by atoms with van der Waals surface area (Å²) in [6.07, 6.45) is 0.718. The molecule has 2 amide bonds. The molecule has 114 valence electrons. The van der Waals surface area contributed by atoms with Gasteiger partial charge < -0.3 is 20.1 Å². The summed E-state index contributed by atoms with van der Waals surface area (Å²) in [5.74, 6) is 1.13. The van der Waals surface area contributed by atoms with Crippen LogP contribution in [0.15, 0.2) is 42.5 Å². The molecule has 6 heteroatoms. The van der Waals surface area contributed by atoms with Gasteiger partial charge in [-0.3, -0.25) is 4.79 Å². The number of rotatable bonds is 5. The van der Waals surface area contributed by atoms with Gasteiger partial charge >= 0.3 is 6.03 Å². The van der Waals surface area contributed by atoms with E-state index in [1.807, 2.05) is 0 Å². The third kappa shape index (κ3) is 3.99.